The minimum atomic E-state index is -0.520. The van der Waals surface area contributed by atoms with Gasteiger partial charge in [-0.05, 0) is 37.6 Å². The second kappa shape index (κ2) is 6.68. The molecule has 6 heteroatoms. The van der Waals surface area contributed by atoms with Crippen molar-refractivity contribution in [2.24, 2.45) is 5.41 Å². The first-order valence-corrected chi connectivity index (χ1v) is 8.06. The van der Waals surface area contributed by atoms with E-state index >= 15 is 0 Å². The van der Waals surface area contributed by atoms with Crippen molar-refractivity contribution in [3.63, 3.8) is 0 Å². The molecule has 1 atom stereocenters. The molecule has 23 heavy (non-hydrogen) atoms. The van der Waals surface area contributed by atoms with Gasteiger partial charge in [0.1, 0.15) is 0 Å². The van der Waals surface area contributed by atoms with E-state index in [1.165, 1.54) is 0 Å². The number of rotatable bonds is 5. The molecule has 1 aromatic rings. The molecule has 0 spiro atoms. The molecule has 6 nitrogen and oxygen atoms in total. The van der Waals surface area contributed by atoms with Gasteiger partial charge in [0.15, 0.2) is 0 Å². The minimum Gasteiger partial charge on any atom is -0.384 e. The zero-order valence-corrected chi connectivity index (χ0v) is 13.4. The highest BCUT2D eigenvalue weighted by atomic mass is 16.5. The fourth-order valence-corrected chi connectivity index (χ4v) is 3.34. The molecule has 0 aliphatic carbocycles. The molecular formula is C17H23N3O3. The molecule has 0 bridgehead atoms. The molecule has 2 saturated heterocycles. The molecule has 0 aromatic heterocycles. The maximum absolute atomic E-state index is 12.7. The first kappa shape index (κ1) is 16.0. The van der Waals surface area contributed by atoms with Gasteiger partial charge in [-0.15, -0.1) is 0 Å². The van der Waals surface area contributed by atoms with Crippen LogP contribution < -0.4 is 15.5 Å². The average molecular weight is 317 g/mol. The zero-order chi connectivity index (χ0) is 16.3. The Hall–Kier alpha value is -1.92. The van der Waals surface area contributed by atoms with Crippen LogP contribution in [0.1, 0.15) is 19.3 Å². The monoisotopic (exact) mass is 317 g/mol. The second-order valence-corrected chi connectivity index (χ2v) is 6.29. The maximum atomic E-state index is 12.7. The Labute approximate surface area is 136 Å². The van der Waals surface area contributed by atoms with Crippen LogP contribution in [0, 0.1) is 5.41 Å². The third kappa shape index (κ3) is 3.23. The summed E-state index contributed by atoms with van der Waals surface area (Å²) in [5.74, 6) is 0.110. The van der Waals surface area contributed by atoms with Crippen LogP contribution in [0.3, 0.4) is 0 Å². The smallest absolute Gasteiger partial charge is 0.234 e. The Morgan fingerprint density at radius 3 is 3.00 bits per heavy atom. The van der Waals surface area contributed by atoms with Gasteiger partial charge in [-0.25, -0.2) is 0 Å². The average Bonchev–Trinajstić information content (AvgIpc) is 3.18. The highest BCUT2D eigenvalue weighted by Crippen LogP contribution is 2.29. The van der Waals surface area contributed by atoms with Gasteiger partial charge in [-0.1, -0.05) is 6.07 Å². The molecular weight excluding hydrogens is 294 g/mol. The molecule has 2 heterocycles. The van der Waals surface area contributed by atoms with E-state index in [0.29, 0.717) is 19.6 Å². The largest absolute Gasteiger partial charge is 0.384 e. The summed E-state index contributed by atoms with van der Waals surface area (Å²) in [6, 6.07) is 7.49. The van der Waals surface area contributed by atoms with Crippen LogP contribution in [0.2, 0.25) is 0 Å². The molecule has 2 aliphatic rings. The van der Waals surface area contributed by atoms with E-state index in [0.717, 1.165) is 37.3 Å². The fourth-order valence-electron chi connectivity index (χ4n) is 3.34. The van der Waals surface area contributed by atoms with Crippen molar-refractivity contribution in [1.82, 2.24) is 5.32 Å². The summed E-state index contributed by atoms with van der Waals surface area (Å²) < 4.78 is 5.25. The number of hydrogen-bond donors (Lipinski definition) is 2. The predicted molar refractivity (Wildman–Crippen MR) is 88.5 cm³/mol. The van der Waals surface area contributed by atoms with Gasteiger partial charge in [0.05, 0.1) is 12.0 Å². The van der Waals surface area contributed by atoms with Gasteiger partial charge < -0.3 is 20.3 Å². The minimum absolute atomic E-state index is 0.0331. The Morgan fingerprint density at radius 1 is 1.48 bits per heavy atom. The highest BCUT2D eigenvalue weighted by molar-refractivity contribution is 5.98. The lowest BCUT2D eigenvalue weighted by Gasteiger charge is -2.26. The highest BCUT2D eigenvalue weighted by Gasteiger charge is 2.41. The van der Waals surface area contributed by atoms with Crippen molar-refractivity contribution >= 4 is 23.2 Å². The van der Waals surface area contributed by atoms with E-state index in [1.807, 2.05) is 24.3 Å². The number of nitrogens with zero attached hydrogens (tertiary/aromatic N) is 1. The molecule has 3 rings (SSSR count). The zero-order valence-electron chi connectivity index (χ0n) is 13.4. The van der Waals surface area contributed by atoms with Gasteiger partial charge in [0.2, 0.25) is 11.8 Å². The SMILES string of the molecule is COCC1(C(=O)Nc2cccc(N3CCCC3=O)c2)CCNC1. The molecule has 1 unspecified atom stereocenters. The molecule has 2 amide bonds. The van der Waals surface area contributed by atoms with Gasteiger partial charge in [-0.2, -0.15) is 0 Å². The fraction of sp³-hybridized carbons (Fsp3) is 0.529. The van der Waals surface area contributed by atoms with Crippen LogP contribution in [-0.2, 0) is 14.3 Å². The number of anilines is 2. The Kier molecular flexibility index (Phi) is 4.63. The standard InChI is InChI=1S/C17H23N3O3/c1-23-12-17(7-8-18-11-17)16(22)19-13-4-2-5-14(10-13)20-9-3-6-15(20)21/h2,4-5,10,18H,3,6-9,11-12H2,1H3,(H,19,22). The summed E-state index contributed by atoms with van der Waals surface area (Å²) in [7, 11) is 1.62. The summed E-state index contributed by atoms with van der Waals surface area (Å²) in [4.78, 5) is 26.4. The maximum Gasteiger partial charge on any atom is 0.234 e. The number of amides is 2. The van der Waals surface area contributed by atoms with Gasteiger partial charge >= 0.3 is 0 Å². The lowest BCUT2D eigenvalue weighted by atomic mass is 9.87. The molecule has 2 aliphatic heterocycles. The van der Waals surface area contributed by atoms with E-state index in [4.69, 9.17) is 4.74 Å². The molecule has 2 fully saturated rings. The number of methoxy groups -OCH3 is 1. The quantitative estimate of drug-likeness (QED) is 0.861. The molecule has 124 valence electrons. The summed E-state index contributed by atoms with van der Waals surface area (Å²) in [6.07, 6.45) is 2.24. The topological polar surface area (TPSA) is 70.7 Å². The Bertz CT molecular complexity index is 597. The van der Waals surface area contributed by atoms with Crippen LogP contribution in [0.25, 0.3) is 0 Å². The van der Waals surface area contributed by atoms with Gasteiger partial charge in [-0.3, -0.25) is 9.59 Å². The van der Waals surface area contributed by atoms with E-state index in [1.54, 1.807) is 12.0 Å². The Balaban J connectivity index is 1.74. The first-order valence-electron chi connectivity index (χ1n) is 8.06. The molecule has 2 N–H and O–H groups in total. The van der Waals surface area contributed by atoms with Crippen molar-refractivity contribution in [3.8, 4) is 0 Å². The van der Waals surface area contributed by atoms with Crippen molar-refractivity contribution < 1.29 is 14.3 Å². The number of carbonyl (C=O) groups is 2. The van der Waals surface area contributed by atoms with E-state index in [9.17, 15) is 9.59 Å². The van der Waals surface area contributed by atoms with Crippen LogP contribution in [-0.4, -0.2) is 45.2 Å². The van der Waals surface area contributed by atoms with Crippen LogP contribution >= 0.6 is 0 Å². The normalized spacial score (nSPS) is 24.2. The molecule has 0 saturated carbocycles. The van der Waals surface area contributed by atoms with Crippen molar-refractivity contribution in [3.05, 3.63) is 24.3 Å². The van der Waals surface area contributed by atoms with Crippen LogP contribution in [0.4, 0.5) is 11.4 Å². The lowest BCUT2D eigenvalue weighted by molar-refractivity contribution is -0.127. The Morgan fingerprint density at radius 2 is 2.35 bits per heavy atom. The lowest BCUT2D eigenvalue weighted by Crippen LogP contribution is -2.41. The number of carbonyl (C=O) groups excluding carboxylic acids is 2. The van der Waals surface area contributed by atoms with Crippen molar-refractivity contribution in [2.45, 2.75) is 19.3 Å². The third-order valence-corrected chi connectivity index (χ3v) is 4.64. The van der Waals surface area contributed by atoms with Crippen LogP contribution in [0.5, 0.6) is 0 Å². The number of hydrogen-bond acceptors (Lipinski definition) is 4. The number of benzene rings is 1. The van der Waals surface area contributed by atoms with E-state index in [2.05, 4.69) is 10.6 Å². The number of ether oxygens (including phenoxy) is 1. The first-order chi connectivity index (χ1) is 11.1. The summed E-state index contributed by atoms with van der Waals surface area (Å²) in [5.41, 5.74) is 1.04. The van der Waals surface area contributed by atoms with Crippen molar-refractivity contribution in [1.29, 1.82) is 0 Å². The summed E-state index contributed by atoms with van der Waals surface area (Å²) in [5, 5.41) is 6.22. The molecule has 1 aromatic carbocycles. The van der Waals surface area contributed by atoms with Gasteiger partial charge in [0.25, 0.3) is 0 Å². The van der Waals surface area contributed by atoms with Crippen LogP contribution in [0.15, 0.2) is 24.3 Å². The summed E-state index contributed by atoms with van der Waals surface area (Å²) in [6.45, 7) is 2.58. The van der Waals surface area contributed by atoms with E-state index in [-0.39, 0.29) is 11.8 Å². The second-order valence-electron chi connectivity index (χ2n) is 6.29. The third-order valence-electron chi connectivity index (χ3n) is 4.64. The molecule has 0 radical (unpaired) electrons. The summed E-state index contributed by atoms with van der Waals surface area (Å²) >= 11 is 0. The number of nitrogens with one attached hydrogen (secondary N) is 2. The van der Waals surface area contributed by atoms with Crippen molar-refractivity contribution in [2.75, 3.05) is 43.6 Å². The van der Waals surface area contributed by atoms with Gasteiger partial charge in [0, 0.05) is 38.0 Å². The van der Waals surface area contributed by atoms with E-state index < -0.39 is 5.41 Å². The predicted octanol–water partition coefficient (Wildman–Crippen LogP) is 1.38.